The van der Waals surface area contributed by atoms with E-state index in [-0.39, 0.29) is 12.0 Å². The highest BCUT2D eigenvalue weighted by molar-refractivity contribution is 5.81. The molecule has 2 aliphatic rings. The Labute approximate surface area is 139 Å². The van der Waals surface area contributed by atoms with E-state index in [2.05, 4.69) is 36.1 Å². The van der Waals surface area contributed by atoms with E-state index in [4.69, 9.17) is 4.74 Å². The van der Waals surface area contributed by atoms with Gasteiger partial charge in [0.1, 0.15) is 6.10 Å². The molecule has 3 rings (SSSR count). The fourth-order valence-corrected chi connectivity index (χ4v) is 3.52. The molecule has 1 amide bonds. The van der Waals surface area contributed by atoms with Gasteiger partial charge in [0.15, 0.2) is 0 Å². The molecule has 0 radical (unpaired) electrons. The highest BCUT2D eigenvalue weighted by Crippen LogP contribution is 2.19. The number of amides is 1. The van der Waals surface area contributed by atoms with Crippen molar-refractivity contribution in [3.8, 4) is 0 Å². The van der Waals surface area contributed by atoms with Crippen LogP contribution in [0.25, 0.3) is 0 Å². The lowest BCUT2D eigenvalue weighted by molar-refractivity contribution is -0.149. The van der Waals surface area contributed by atoms with Gasteiger partial charge in [0.05, 0.1) is 6.61 Å². The number of carbonyl (C=O) groups excluding carboxylic acids is 1. The molecule has 0 saturated carbocycles. The molecule has 0 bridgehead atoms. The molecule has 0 N–H and O–H groups in total. The number of likely N-dealkylation sites (tertiary alicyclic amines) is 1. The molecule has 1 aromatic carbocycles. The number of carbonyl (C=O) groups is 1. The van der Waals surface area contributed by atoms with Crippen LogP contribution in [-0.4, -0.2) is 54.6 Å². The highest BCUT2D eigenvalue weighted by Gasteiger charge is 2.30. The van der Waals surface area contributed by atoms with Crippen LogP contribution >= 0.6 is 0 Å². The Balaban J connectivity index is 1.56. The first-order valence-electron chi connectivity index (χ1n) is 8.89. The van der Waals surface area contributed by atoms with Crippen molar-refractivity contribution in [2.75, 3.05) is 32.8 Å². The van der Waals surface area contributed by atoms with Crippen LogP contribution in [0, 0.1) is 5.92 Å². The minimum Gasteiger partial charge on any atom is -0.366 e. The summed E-state index contributed by atoms with van der Waals surface area (Å²) in [5.41, 5.74) is 1.30. The zero-order chi connectivity index (χ0) is 16.1. The first-order chi connectivity index (χ1) is 11.2. The van der Waals surface area contributed by atoms with Gasteiger partial charge in [0, 0.05) is 32.7 Å². The summed E-state index contributed by atoms with van der Waals surface area (Å²) >= 11 is 0. The molecular weight excluding hydrogens is 288 g/mol. The van der Waals surface area contributed by atoms with Crippen LogP contribution in [0.5, 0.6) is 0 Å². The lowest BCUT2D eigenvalue weighted by Gasteiger charge is -2.34. The summed E-state index contributed by atoms with van der Waals surface area (Å²) in [7, 11) is 0. The highest BCUT2D eigenvalue weighted by atomic mass is 16.5. The monoisotopic (exact) mass is 316 g/mol. The number of ether oxygens (including phenoxy) is 1. The maximum atomic E-state index is 12.8. The average Bonchev–Trinajstić information content (AvgIpc) is 2.80. The Morgan fingerprint density at radius 3 is 2.83 bits per heavy atom. The number of hydrogen-bond donors (Lipinski definition) is 0. The van der Waals surface area contributed by atoms with E-state index in [1.807, 2.05) is 11.0 Å². The van der Waals surface area contributed by atoms with Gasteiger partial charge in [0.25, 0.3) is 5.91 Å². The van der Waals surface area contributed by atoms with Gasteiger partial charge in [-0.2, -0.15) is 0 Å². The van der Waals surface area contributed by atoms with Crippen LogP contribution < -0.4 is 0 Å². The zero-order valence-corrected chi connectivity index (χ0v) is 14.1. The number of benzene rings is 1. The van der Waals surface area contributed by atoms with E-state index in [9.17, 15) is 4.79 Å². The van der Waals surface area contributed by atoms with Crippen LogP contribution in [0.1, 0.15) is 31.7 Å². The first kappa shape index (κ1) is 16.5. The van der Waals surface area contributed by atoms with E-state index in [0.29, 0.717) is 13.2 Å². The molecule has 2 saturated heterocycles. The Hall–Kier alpha value is -1.39. The van der Waals surface area contributed by atoms with Crippen molar-refractivity contribution in [2.45, 2.75) is 38.8 Å². The van der Waals surface area contributed by atoms with Crippen LogP contribution in [0.4, 0.5) is 0 Å². The molecule has 0 aliphatic carbocycles. The van der Waals surface area contributed by atoms with Crippen molar-refractivity contribution in [1.82, 2.24) is 9.80 Å². The summed E-state index contributed by atoms with van der Waals surface area (Å²) in [4.78, 5) is 17.1. The van der Waals surface area contributed by atoms with Crippen molar-refractivity contribution in [1.29, 1.82) is 0 Å². The summed E-state index contributed by atoms with van der Waals surface area (Å²) < 4.78 is 5.80. The van der Waals surface area contributed by atoms with E-state index >= 15 is 0 Å². The summed E-state index contributed by atoms with van der Waals surface area (Å²) in [6, 6.07) is 10.5. The Bertz CT molecular complexity index is 505. The summed E-state index contributed by atoms with van der Waals surface area (Å²) in [5.74, 6) is 0.923. The summed E-state index contributed by atoms with van der Waals surface area (Å²) in [6.07, 6.45) is 3.18. The molecule has 4 heteroatoms. The third kappa shape index (κ3) is 4.55. The van der Waals surface area contributed by atoms with Gasteiger partial charge in [-0.05, 0) is 30.7 Å². The molecule has 126 valence electrons. The van der Waals surface area contributed by atoms with Crippen molar-refractivity contribution >= 4 is 5.91 Å². The van der Waals surface area contributed by atoms with Gasteiger partial charge in [-0.15, -0.1) is 0 Å². The number of hydrogen-bond acceptors (Lipinski definition) is 3. The molecule has 0 unspecified atom stereocenters. The van der Waals surface area contributed by atoms with Crippen LogP contribution in [0.2, 0.25) is 0 Å². The minimum absolute atomic E-state index is 0.192. The van der Waals surface area contributed by atoms with Gasteiger partial charge < -0.3 is 9.64 Å². The molecule has 2 fully saturated rings. The molecule has 0 spiro atoms. The molecule has 2 heterocycles. The number of nitrogens with zero attached hydrogens (tertiary/aromatic N) is 2. The maximum Gasteiger partial charge on any atom is 0.253 e. The number of rotatable bonds is 3. The predicted octanol–water partition coefficient (Wildman–Crippen LogP) is 2.54. The molecule has 1 aromatic rings. The largest absolute Gasteiger partial charge is 0.366 e. The molecular formula is C19H28N2O2. The van der Waals surface area contributed by atoms with Gasteiger partial charge >= 0.3 is 0 Å². The van der Waals surface area contributed by atoms with Crippen molar-refractivity contribution in [2.24, 2.45) is 5.92 Å². The standard InChI is InChI=1S/C19H28N2O2/c1-16-6-5-10-21(11-9-16)19(22)18-15-20(12-13-23-18)14-17-7-3-2-4-8-17/h2-4,7-8,16,18H,5-6,9-15H2,1H3/t16-,18-/m0/s1. The van der Waals surface area contributed by atoms with Crippen LogP contribution in [-0.2, 0) is 16.1 Å². The summed E-state index contributed by atoms with van der Waals surface area (Å²) in [6.45, 7) is 7.21. The van der Waals surface area contributed by atoms with Gasteiger partial charge in [0.2, 0.25) is 0 Å². The SMILES string of the molecule is C[C@H]1CCCN(C(=O)[C@@H]2CN(Cc3ccccc3)CCO2)CC1. The van der Waals surface area contributed by atoms with Gasteiger partial charge in [-0.25, -0.2) is 0 Å². The fourth-order valence-electron chi connectivity index (χ4n) is 3.52. The molecule has 2 atom stereocenters. The topological polar surface area (TPSA) is 32.8 Å². The first-order valence-corrected chi connectivity index (χ1v) is 8.89. The van der Waals surface area contributed by atoms with Crippen molar-refractivity contribution in [3.05, 3.63) is 35.9 Å². The average molecular weight is 316 g/mol. The van der Waals surface area contributed by atoms with Crippen molar-refractivity contribution < 1.29 is 9.53 Å². The Morgan fingerprint density at radius 1 is 1.17 bits per heavy atom. The van der Waals surface area contributed by atoms with E-state index in [1.165, 1.54) is 12.0 Å². The summed E-state index contributed by atoms with van der Waals surface area (Å²) in [5, 5.41) is 0. The van der Waals surface area contributed by atoms with Crippen LogP contribution in [0.15, 0.2) is 30.3 Å². The predicted molar refractivity (Wildman–Crippen MR) is 91.1 cm³/mol. The third-order valence-corrected chi connectivity index (χ3v) is 5.00. The quantitative estimate of drug-likeness (QED) is 0.859. The molecule has 23 heavy (non-hydrogen) atoms. The fraction of sp³-hybridized carbons (Fsp3) is 0.632. The van der Waals surface area contributed by atoms with Crippen LogP contribution in [0.3, 0.4) is 0 Å². The number of morpholine rings is 1. The Kier molecular flexibility index (Phi) is 5.68. The Morgan fingerprint density at radius 2 is 2.00 bits per heavy atom. The second kappa shape index (κ2) is 7.93. The second-order valence-electron chi connectivity index (χ2n) is 6.94. The minimum atomic E-state index is -0.291. The second-order valence-corrected chi connectivity index (χ2v) is 6.94. The lowest BCUT2D eigenvalue weighted by Crippen LogP contribution is -2.51. The molecule has 0 aromatic heterocycles. The van der Waals surface area contributed by atoms with E-state index in [1.54, 1.807) is 0 Å². The van der Waals surface area contributed by atoms with Gasteiger partial charge in [-0.3, -0.25) is 9.69 Å². The van der Waals surface area contributed by atoms with Gasteiger partial charge in [-0.1, -0.05) is 37.3 Å². The third-order valence-electron chi connectivity index (χ3n) is 5.00. The van der Waals surface area contributed by atoms with E-state index in [0.717, 1.165) is 44.9 Å². The molecule has 4 nitrogen and oxygen atoms in total. The normalized spacial score (nSPS) is 26.7. The van der Waals surface area contributed by atoms with E-state index < -0.39 is 0 Å². The smallest absolute Gasteiger partial charge is 0.253 e. The van der Waals surface area contributed by atoms with Crippen molar-refractivity contribution in [3.63, 3.8) is 0 Å². The lowest BCUT2D eigenvalue weighted by atomic mass is 10.0. The molecule has 2 aliphatic heterocycles. The zero-order valence-electron chi connectivity index (χ0n) is 14.1. The maximum absolute atomic E-state index is 12.8.